The first kappa shape index (κ1) is 35.0. The molecule has 2 unspecified atom stereocenters. The van der Waals surface area contributed by atoms with Crippen molar-refractivity contribution in [3.05, 3.63) is 70.7 Å². The number of rotatable bonds is 10. The second-order valence-corrected chi connectivity index (χ2v) is 11.7. The molecule has 0 radical (unpaired) electrons. The standard InChI is InChI=1S/C29H32Cl2N6O8/c1-13(2)19-11-23(34-36(25(19)38)17(8)44-28(41)15(5)6)45-24-20(30)9-18(10-21(24)31)37-29(42)35(26(39)22(12-32)33-37)16(7)43-27(40)14(3)4/h9-11,13-17H,1-8H3. The third kappa shape index (κ3) is 7.61. The summed E-state index contributed by atoms with van der Waals surface area (Å²) in [5.41, 5.74) is -2.99. The monoisotopic (exact) mass is 662 g/mol. The maximum absolute atomic E-state index is 13.4. The molecule has 0 saturated carbocycles. The number of nitrogens with zero attached hydrogens (tertiary/aromatic N) is 6. The molecule has 2 atom stereocenters. The maximum Gasteiger partial charge on any atom is 0.355 e. The summed E-state index contributed by atoms with van der Waals surface area (Å²) in [5, 5.41) is 17.3. The predicted octanol–water partition coefficient (Wildman–Crippen LogP) is 4.48. The molecule has 16 heteroatoms. The van der Waals surface area contributed by atoms with Crippen molar-refractivity contribution in [3.8, 4) is 23.4 Å². The number of hydrogen-bond acceptors (Lipinski definition) is 11. The zero-order valence-electron chi connectivity index (χ0n) is 25.8. The first-order chi connectivity index (χ1) is 21.0. The van der Waals surface area contributed by atoms with E-state index >= 15 is 0 Å². The molecule has 0 bridgehead atoms. The van der Waals surface area contributed by atoms with Crippen molar-refractivity contribution in [3.63, 3.8) is 0 Å². The van der Waals surface area contributed by atoms with Crippen molar-refractivity contribution < 1.29 is 23.8 Å². The fourth-order valence-electron chi connectivity index (χ4n) is 3.85. The molecule has 0 spiro atoms. The second-order valence-electron chi connectivity index (χ2n) is 10.9. The number of benzene rings is 1. The molecule has 2 aromatic heterocycles. The molecular weight excluding hydrogens is 631 g/mol. The molecule has 1 aromatic carbocycles. The van der Waals surface area contributed by atoms with Crippen LogP contribution in [0.2, 0.25) is 10.0 Å². The fraction of sp³-hybridized carbons (Fsp3) is 0.448. The van der Waals surface area contributed by atoms with Crippen molar-refractivity contribution >= 4 is 35.1 Å². The van der Waals surface area contributed by atoms with Crippen LogP contribution >= 0.6 is 23.2 Å². The number of hydrogen-bond donors (Lipinski definition) is 0. The molecule has 45 heavy (non-hydrogen) atoms. The van der Waals surface area contributed by atoms with Crippen LogP contribution in [0.15, 0.2) is 32.6 Å². The quantitative estimate of drug-likeness (QED) is 0.279. The number of ether oxygens (including phenoxy) is 3. The van der Waals surface area contributed by atoms with Gasteiger partial charge in [-0.3, -0.25) is 19.2 Å². The molecule has 3 rings (SSSR count). The summed E-state index contributed by atoms with van der Waals surface area (Å²) >= 11 is 13.0. The fourth-order valence-corrected chi connectivity index (χ4v) is 4.40. The van der Waals surface area contributed by atoms with Crippen molar-refractivity contribution in [2.24, 2.45) is 11.8 Å². The molecule has 0 aliphatic heterocycles. The van der Waals surface area contributed by atoms with Gasteiger partial charge in [-0.2, -0.15) is 14.6 Å². The molecule has 240 valence electrons. The van der Waals surface area contributed by atoms with Gasteiger partial charge in [-0.1, -0.05) is 64.7 Å². The largest absolute Gasteiger partial charge is 0.441 e. The summed E-state index contributed by atoms with van der Waals surface area (Å²) in [6.07, 6.45) is -2.43. The highest BCUT2D eigenvalue weighted by atomic mass is 35.5. The minimum Gasteiger partial charge on any atom is -0.441 e. The van der Waals surface area contributed by atoms with Crippen LogP contribution in [0.25, 0.3) is 5.69 Å². The van der Waals surface area contributed by atoms with Gasteiger partial charge in [-0.15, -0.1) is 10.2 Å². The van der Waals surface area contributed by atoms with Gasteiger partial charge in [-0.25, -0.2) is 9.36 Å². The molecule has 0 N–H and O–H groups in total. The van der Waals surface area contributed by atoms with Gasteiger partial charge in [0.2, 0.25) is 11.6 Å². The number of carbonyl (C=O) groups is 2. The lowest BCUT2D eigenvalue weighted by atomic mass is 10.1. The average molecular weight is 664 g/mol. The van der Waals surface area contributed by atoms with Gasteiger partial charge < -0.3 is 14.2 Å². The normalized spacial score (nSPS) is 12.6. The average Bonchev–Trinajstić information content (AvgIpc) is 2.95. The minimum absolute atomic E-state index is 0.0509. The van der Waals surface area contributed by atoms with E-state index in [-0.39, 0.29) is 33.3 Å². The molecular formula is C29H32Cl2N6O8. The Morgan fingerprint density at radius 3 is 1.84 bits per heavy atom. The lowest BCUT2D eigenvalue weighted by molar-refractivity contribution is -0.158. The van der Waals surface area contributed by atoms with E-state index in [1.807, 2.05) is 0 Å². The molecule has 3 aromatic rings. The van der Waals surface area contributed by atoms with Gasteiger partial charge in [0.05, 0.1) is 27.6 Å². The lowest BCUT2D eigenvalue weighted by Gasteiger charge is -2.20. The van der Waals surface area contributed by atoms with Crippen LogP contribution in [0.3, 0.4) is 0 Å². The Balaban J connectivity index is 2.11. The van der Waals surface area contributed by atoms with Crippen molar-refractivity contribution in [1.29, 1.82) is 5.26 Å². The highest BCUT2D eigenvalue weighted by Gasteiger charge is 2.25. The Labute approximate surface area is 267 Å². The van der Waals surface area contributed by atoms with Gasteiger partial charge in [-0.05, 0) is 31.9 Å². The Bertz CT molecular complexity index is 1830. The van der Waals surface area contributed by atoms with Crippen LogP contribution < -0.4 is 21.5 Å². The van der Waals surface area contributed by atoms with E-state index in [1.54, 1.807) is 47.6 Å². The third-order valence-corrected chi connectivity index (χ3v) is 6.90. The number of nitriles is 1. The molecule has 2 heterocycles. The molecule has 14 nitrogen and oxygen atoms in total. The lowest BCUT2D eigenvalue weighted by Crippen LogP contribution is -2.45. The van der Waals surface area contributed by atoms with E-state index in [9.17, 15) is 29.2 Å². The summed E-state index contributed by atoms with van der Waals surface area (Å²) in [7, 11) is 0. The molecule has 0 fully saturated rings. The van der Waals surface area contributed by atoms with E-state index in [4.69, 9.17) is 37.4 Å². The van der Waals surface area contributed by atoms with Crippen molar-refractivity contribution in [2.45, 2.75) is 73.8 Å². The van der Waals surface area contributed by atoms with E-state index in [0.717, 1.165) is 4.68 Å². The predicted molar refractivity (Wildman–Crippen MR) is 163 cm³/mol. The summed E-state index contributed by atoms with van der Waals surface area (Å²) in [4.78, 5) is 63.6. The van der Waals surface area contributed by atoms with Gasteiger partial charge in [0, 0.05) is 11.6 Å². The van der Waals surface area contributed by atoms with E-state index < -0.39 is 58.7 Å². The molecule has 0 amide bonds. The number of aromatic nitrogens is 5. The molecule has 0 aliphatic carbocycles. The van der Waals surface area contributed by atoms with E-state index in [0.29, 0.717) is 14.8 Å². The van der Waals surface area contributed by atoms with Crippen LogP contribution in [-0.2, 0) is 19.1 Å². The van der Waals surface area contributed by atoms with Gasteiger partial charge in [0.15, 0.2) is 18.2 Å². The summed E-state index contributed by atoms with van der Waals surface area (Å²) in [5.74, 6) is -2.65. The van der Waals surface area contributed by atoms with Crippen LogP contribution in [0.4, 0.5) is 0 Å². The SMILES string of the molecule is CC(C)C(=O)OC(C)n1nc(Oc2c(Cl)cc(-n3nc(C#N)c(=O)n(C(C)OC(=O)C(C)C)c3=O)cc2Cl)cc(C(C)C)c1=O. The van der Waals surface area contributed by atoms with Crippen LogP contribution in [0, 0.1) is 23.2 Å². The molecule has 0 saturated heterocycles. The third-order valence-electron chi connectivity index (χ3n) is 6.34. The van der Waals surface area contributed by atoms with E-state index in [1.165, 1.54) is 32.0 Å². The topological polar surface area (TPSA) is 177 Å². The molecule has 0 aliphatic rings. The van der Waals surface area contributed by atoms with Crippen LogP contribution in [0.1, 0.15) is 85.0 Å². The summed E-state index contributed by atoms with van der Waals surface area (Å²) in [6.45, 7) is 12.8. The highest BCUT2D eigenvalue weighted by molar-refractivity contribution is 6.37. The van der Waals surface area contributed by atoms with Crippen LogP contribution in [-0.4, -0.2) is 36.1 Å². The maximum atomic E-state index is 13.4. The van der Waals surface area contributed by atoms with Gasteiger partial charge in [0.1, 0.15) is 6.07 Å². The van der Waals surface area contributed by atoms with Crippen molar-refractivity contribution in [1.82, 2.24) is 24.1 Å². The minimum atomic E-state index is -1.37. The van der Waals surface area contributed by atoms with Gasteiger partial charge >= 0.3 is 17.6 Å². The zero-order chi connectivity index (χ0) is 33.9. The summed E-state index contributed by atoms with van der Waals surface area (Å²) in [6, 6.07) is 5.51. The number of halogens is 2. The Kier molecular flexibility index (Phi) is 11.0. The second kappa shape index (κ2) is 14.1. The zero-order valence-corrected chi connectivity index (χ0v) is 27.3. The van der Waals surface area contributed by atoms with E-state index in [2.05, 4.69) is 10.2 Å². The Morgan fingerprint density at radius 2 is 1.36 bits per heavy atom. The number of carbonyl (C=O) groups excluding carboxylic acids is 2. The first-order valence-electron chi connectivity index (χ1n) is 13.9. The highest BCUT2D eigenvalue weighted by Crippen LogP contribution is 2.38. The Morgan fingerprint density at radius 1 is 0.822 bits per heavy atom. The summed E-state index contributed by atoms with van der Waals surface area (Å²) < 4.78 is 18.7. The smallest absolute Gasteiger partial charge is 0.355 e. The first-order valence-corrected chi connectivity index (χ1v) is 14.6. The van der Waals surface area contributed by atoms with Crippen molar-refractivity contribution in [2.75, 3.05) is 0 Å². The number of esters is 2. The van der Waals surface area contributed by atoms with Gasteiger partial charge in [0.25, 0.3) is 11.1 Å². The van der Waals surface area contributed by atoms with Crippen LogP contribution in [0.5, 0.6) is 11.6 Å². The Hall–Kier alpha value is -4.48.